The number of amides is 1. The molecule has 1 fully saturated rings. The van der Waals surface area contributed by atoms with E-state index in [2.05, 4.69) is 38.9 Å². The second-order valence-corrected chi connectivity index (χ2v) is 6.82. The fourth-order valence-corrected chi connectivity index (χ4v) is 3.37. The van der Waals surface area contributed by atoms with E-state index in [9.17, 15) is 4.79 Å². The number of morpholine rings is 1. The van der Waals surface area contributed by atoms with E-state index in [1.807, 2.05) is 24.3 Å². The van der Waals surface area contributed by atoms with Gasteiger partial charge in [-0.1, -0.05) is 26.0 Å². The van der Waals surface area contributed by atoms with Gasteiger partial charge in [0.2, 0.25) is 0 Å². The number of carbonyl (C=O) groups is 1. The second-order valence-electron chi connectivity index (χ2n) is 6.82. The first-order valence-electron chi connectivity index (χ1n) is 10.0. The number of nitrogens with one attached hydrogen (secondary N) is 1. The van der Waals surface area contributed by atoms with Crippen LogP contribution < -0.4 is 15.1 Å². The molecular formula is C21H29N5O2. The lowest BCUT2D eigenvalue weighted by Gasteiger charge is -2.30. The first-order valence-corrected chi connectivity index (χ1v) is 10.0. The number of carbonyl (C=O) groups excluding carboxylic acids is 1. The van der Waals surface area contributed by atoms with Crippen molar-refractivity contribution in [2.75, 3.05) is 54.5 Å². The molecule has 0 atom stereocenters. The number of hydrogen-bond acceptors (Lipinski definition) is 6. The Balaban J connectivity index is 1.77. The van der Waals surface area contributed by atoms with E-state index in [0.29, 0.717) is 18.9 Å². The zero-order valence-electron chi connectivity index (χ0n) is 16.7. The maximum atomic E-state index is 12.9. The number of anilines is 3. The fourth-order valence-electron chi connectivity index (χ4n) is 3.37. The first kappa shape index (κ1) is 20.1. The summed E-state index contributed by atoms with van der Waals surface area (Å²) in [5, 5.41) is 3.02. The maximum absolute atomic E-state index is 12.9. The van der Waals surface area contributed by atoms with Gasteiger partial charge >= 0.3 is 0 Å². The minimum Gasteiger partial charge on any atom is -0.378 e. The molecule has 0 radical (unpaired) electrons. The molecule has 7 heteroatoms. The predicted octanol–water partition coefficient (Wildman–Crippen LogP) is 3.19. The average Bonchev–Trinajstić information content (AvgIpc) is 2.75. The Hall–Kier alpha value is -2.67. The predicted molar refractivity (Wildman–Crippen MR) is 112 cm³/mol. The SMILES string of the molecule is CCCN(CCC)c1cc(C(=O)Nc2ccccc2N2CCOCC2)ncn1. The number of rotatable bonds is 8. The van der Waals surface area contributed by atoms with Crippen molar-refractivity contribution in [1.29, 1.82) is 0 Å². The van der Waals surface area contributed by atoms with E-state index in [1.165, 1.54) is 6.33 Å². The van der Waals surface area contributed by atoms with Crippen molar-refractivity contribution in [3.8, 4) is 0 Å². The largest absolute Gasteiger partial charge is 0.378 e. The maximum Gasteiger partial charge on any atom is 0.274 e. The average molecular weight is 383 g/mol. The molecule has 0 saturated carbocycles. The van der Waals surface area contributed by atoms with Crippen molar-refractivity contribution in [2.45, 2.75) is 26.7 Å². The van der Waals surface area contributed by atoms with Crippen LogP contribution >= 0.6 is 0 Å². The quantitative estimate of drug-likeness (QED) is 0.755. The molecule has 1 aliphatic rings. The lowest BCUT2D eigenvalue weighted by Crippen LogP contribution is -2.36. The van der Waals surface area contributed by atoms with E-state index in [1.54, 1.807) is 6.07 Å². The summed E-state index contributed by atoms with van der Waals surface area (Å²) in [5.74, 6) is 0.572. The lowest BCUT2D eigenvalue weighted by atomic mass is 10.2. The highest BCUT2D eigenvalue weighted by Gasteiger charge is 2.17. The van der Waals surface area contributed by atoms with Gasteiger partial charge in [-0.25, -0.2) is 9.97 Å². The second kappa shape index (κ2) is 10.0. The molecule has 1 aromatic carbocycles. The zero-order valence-corrected chi connectivity index (χ0v) is 16.7. The van der Waals surface area contributed by atoms with Crippen LogP contribution in [0.25, 0.3) is 0 Å². The summed E-state index contributed by atoms with van der Waals surface area (Å²) in [6.07, 6.45) is 3.52. The molecule has 1 N–H and O–H groups in total. The summed E-state index contributed by atoms with van der Waals surface area (Å²) in [4.78, 5) is 25.9. The Labute approximate surface area is 166 Å². The van der Waals surface area contributed by atoms with E-state index in [-0.39, 0.29) is 5.91 Å². The van der Waals surface area contributed by atoms with Gasteiger partial charge in [0.1, 0.15) is 17.8 Å². The first-order chi connectivity index (χ1) is 13.7. The van der Waals surface area contributed by atoms with E-state index < -0.39 is 0 Å². The molecule has 28 heavy (non-hydrogen) atoms. The summed E-state index contributed by atoms with van der Waals surface area (Å²) in [6.45, 7) is 9.11. The molecule has 7 nitrogen and oxygen atoms in total. The van der Waals surface area contributed by atoms with Gasteiger partial charge in [-0.2, -0.15) is 0 Å². The van der Waals surface area contributed by atoms with Gasteiger partial charge in [-0.05, 0) is 25.0 Å². The van der Waals surface area contributed by atoms with Crippen LogP contribution in [0.3, 0.4) is 0 Å². The molecule has 150 valence electrons. The van der Waals surface area contributed by atoms with Crippen molar-refractivity contribution in [3.63, 3.8) is 0 Å². The van der Waals surface area contributed by atoms with Crippen LogP contribution in [0.5, 0.6) is 0 Å². The van der Waals surface area contributed by atoms with Crippen LogP contribution in [0.1, 0.15) is 37.2 Å². The van der Waals surface area contributed by atoms with Gasteiger partial charge in [0, 0.05) is 32.2 Å². The summed E-state index contributed by atoms with van der Waals surface area (Å²) >= 11 is 0. The van der Waals surface area contributed by atoms with Crippen molar-refractivity contribution >= 4 is 23.1 Å². The number of benzene rings is 1. The molecule has 2 heterocycles. The van der Waals surface area contributed by atoms with Gasteiger partial charge in [-0.3, -0.25) is 4.79 Å². The summed E-state index contributed by atoms with van der Waals surface area (Å²) in [7, 11) is 0. The summed E-state index contributed by atoms with van der Waals surface area (Å²) in [5.41, 5.74) is 2.17. The van der Waals surface area contributed by atoms with Gasteiger partial charge in [0.25, 0.3) is 5.91 Å². The van der Waals surface area contributed by atoms with E-state index >= 15 is 0 Å². The van der Waals surface area contributed by atoms with Crippen LogP contribution in [0.15, 0.2) is 36.7 Å². The van der Waals surface area contributed by atoms with Crippen molar-refractivity contribution in [3.05, 3.63) is 42.4 Å². The van der Waals surface area contributed by atoms with E-state index in [4.69, 9.17) is 4.74 Å². The van der Waals surface area contributed by atoms with Gasteiger partial charge in [-0.15, -0.1) is 0 Å². The molecule has 0 aliphatic carbocycles. The molecule has 0 unspecified atom stereocenters. The third kappa shape index (κ3) is 4.98. The normalized spacial score (nSPS) is 14.0. The summed E-state index contributed by atoms with van der Waals surface area (Å²) in [6, 6.07) is 9.63. The highest BCUT2D eigenvalue weighted by molar-refractivity contribution is 6.05. The molecule has 1 aromatic heterocycles. The topological polar surface area (TPSA) is 70.6 Å². The molecule has 3 rings (SSSR count). The molecule has 1 aliphatic heterocycles. The Bertz CT molecular complexity index is 771. The summed E-state index contributed by atoms with van der Waals surface area (Å²) < 4.78 is 5.44. The van der Waals surface area contributed by atoms with E-state index in [0.717, 1.165) is 56.2 Å². The number of nitrogens with zero attached hydrogens (tertiary/aromatic N) is 4. The van der Waals surface area contributed by atoms with Gasteiger partial charge < -0.3 is 19.9 Å². The number of ether oxygens (including phenoxy) is 1. The Morgan fingerprint density at radius 1 is 1.14 bits per heavy atom. The third-order valence-corrected chi connectivity index (χ3v) is 4.70. The van der Waals surface area contributed by atoms with Crippen LogP contribution in [0.4, 0.5) is 17.2 Å². The smallest absolute Gasteiger partial charge is 0.274 e. The van der Waals surface area contributed by atoms with Crippen molar-refractivity contribution < 1.29 is 9.53 Å². The highest BCUT2D eigenvalue weighted by atomic mass is 16.5. The lowest BCUT2D eigenvalue weighted by molar-refractivity contribution is 0.102. The Morgan fingerprint density at radius 2 is 1.86 bits per heavy atom. The monoisotopic (exact) mass is 383 g/mol. The zero-order chi connectivity index (χ0) is 19.8. The molecular weight excluding hydrogens is 354 g/mol. The standard InChI is InChI=1S/C21H29N5O2/c1-3-9-26(10-4-2)20-15-18(22-16-23-20)21(27)24-17-7-5-6-8-19(17)25-11-13-28-14-12-25/h5-8,15-16H,3-4,9-14H2,1-2H3,(H,24,27). The molecule has 0 bridgehead atoms. The number of hydrogen-bond donors (Lipinski definition) is 1. The molecule has 0 spiro atoms. The molecule has 1 amide bonds. The van der Waals surface area contributed by atoms with Crippen LogP contribution in [-0.4, -0.2) is 55.3 Å². The fraction of sp³-hybridized carbons (Fsp3) is 0.476. The third-order valence-electron chi connectivity index (χ3n) is 4.70. The number of para-hydroxylation sites is 2. The minimum absolute atomic E-state index is 0.225. The molecule has 1 saturated heterocycles. The van der Waals surface area contributed by atoms with Crippen LogP contribution in [0, 0.1) is 0 Å². The van der Waals surface area contributed by atoms with Crippen LogP contribution in [0.2, 0.25) is 0 Å². The van der Waals surface area contributed by atoms with Crippen LogP contribution in [-0.2, 0) is 4.74 Å². The van der Waals surface area contributed by atoms with Crippen molar-refractivity contribution in [1.82, 2.24) is 9.97 Å². The highest BCUT2D eigenvalue weighted by Crippen LogP contribution is 2.27. The van der Waals surface area contributed by atoms with Crippen molar-refractivity contribution in [2.24, 2.45) is 0 Å². The molecule has 2 aromatic rings. The minimum atomic E-state index is -0.225. The number of aromatic nitrogens is 2. The van der Waals surface area contributed by atoms with Gasteiger partial charge in [0.05, 0.1) is 24.6 Å². The Morgan fingerprint density at radius 3 is 2.57 bits per heavy atom. The van der Waals surface area contributed by atoms with Gasteiger partial charge in [0.15, 0.2) is 0 Å². The Kier molecular flexibility index (Phi) is 7.19.